The van der Waals surface area contributed by atoms with Crippen LogP contribution in [-0.4, -0.2) is 36.0 Å². The number of nitrogens with zero attached hydrogens (tertiary/aromatic N) is 2. The van der Waals surface area contributed by atoms with Gasteiger partial charge in [-0.1, -0.05) is 6.08 Å². The average Bonchev–Trinajstić information content (AvgIpc) is 2.21. The van der Waals surface area contributed by atoms with Crippen LogP contribution in [0, 0.1) is 11.3 Å². The molecule has 1 unspecified atom stereocenters. The summed E-state index contributed by atoms with van der Waals surface area (Å²) >= 11 is 0. The van der Waals surface area contributed by atoms with E-state index in [2.05, 4.69) is 18.0 Å². The molecule has 0 aliphatic heterocycles. The van der Waals surface area contributed by atoms with Crippen LogP contribution in [-0.2, 0) is 4.79 Å². The number of nitriles is 1. The smallest absolute Gasteiger partial charge is 0.237 e. The van der Waals surface area contributed by atoms with Crippen molar-refractivity contribution >= 4 is 5.91 Å². The van der Waals surface area contributed by atoms with E-state index in [4.69, 9.17) is 5.26 Å². The standard InChI is InChI=1S/C11H19N3O/c1-5-7-13-11(15)10(4)14(8-6-12)9(2)3/h5,9-10H,1,7-8H2,2-4H3,(H,13,15). The van der Waals surface area contributed by atoms with Crippen molar-refractivity contribution in [2.45, 2.75) is 32.9 Å². The second-order valence-electron chi connectivity index (χ2n) is 3.63. The molecule has 0 aromatic heterocycles. The lowest BCUT2D eigenvalue weighted by molar-refractivity contribution is -0.126. The summed E-state index contributed by atoms with van der Waals surface area (Å²) in [4.78, 5) is 13.5. The van der Waals surface area contributed by atoms with E-state index < -0.39 is 0 Å². The van der Waals surface area contributed by atoms with Gasteiger partial charge >= 0.3 is 0 Å². The highest BCUT2D eigenvalue weighted by Gasteiger charge is 2.22. The third-order valence-corrected chi connectivity index (χ3v) is 2.21. The van der Waals surface area contributed by atoms with Crippen LogP contribution in [0.5, 0.6) is 0 Å². The lowest BCUT2D eigenvalue weighted by atomic mass is 10.2. The van der Waals surface area contributed by atoms with E-state index in [-0.39, 0.29) is 24.5 Å². The molecule has 1 amide bonds. The lowest BCUT2D eigenvalue weighted by Gasteiger charge is -2.29. The first-order valence-electron chi connectivity index (χ1n) is 5.05. The Hall–Kier alpha value is -1.34. The fraction of sp³-hybridized carbons (Fsp3) is 0.636. The van der Waals surface area contributed by atoms with Gasteiger partial charge < -0.3 is 5.32 Å². The van der Waals surface area contributed by atoms with Crippen molar-refractivity contribution in [1.29, 1.82) is 5.26 Å². The quantitative estimate of drug-likeness (QED) is 0.522. The molecule has 0 spiro atoms. The van der Waals surface area contributed by atoms with Gasteiger partial charge in [0.2, 0.25) is 5.91 Å². The third-order valence-electron chi connectivity index (χ3n) is 2.21. The normalized spacial score (nSPS) is 12.3. The van der Waals surface area contributed by atoms with Crippen molar-refractivity contribution in [2.75, 3.05) is 13.1 Å². The molecular weight excluding hydrogens is 190 g/mol. The molecule has 0 radical (unpaired) electrons. The summed E-state index contributed by atoms with van der Waals surface area (Å²) in [6, 6.07) is 1.95. The summed E-state index contributed by atoms with van der Waals surface area (Å²) in [5.74, 6) is -0.0705. The SMILES string of the molecule is C=CCNC(=O)C(C)N(CC#N)C(C)C. The molecule has 0 rings (SSSR count). The van der Waals surface area contributed by atoms with E-state index >= 15 is 0 Å². The number of amides is 1. The molecular formula is C11H19N3O. The molecule has 1 N–H and O–H groups in total. The highest BCUT2D eigenvalue weighted by atomic mass is 16.2. The molecule has 4 nitrogen and oxygen atoms in total. The Morgan fingerprint density at radius 1 is 1.60 bits per heavy atom. The van der Waals surface area contributed by atoms with Crippen LogP contribution in [0.3, 0.4) is 0 Å². The summed E-state index contributed by atoms with van der Waals surface area (Å²) in [6.45, 7) is 9.99. The Morgan fingerprint density at radius 3 is 2.60 bits per heavy atom. The zero-order chi connectivity index (χ0) is 11.8. The molecule has 0 saturated carbocycles. The summed E-state index contributed by atoms with van der Waals surface area (Å²) < 4.78 is 0. The van der Waals surface area contributed by atoms with Crippen molar-refractivity contribution in [3.8, 4) is 6.07 Å². The molecule has 0 bridgehead atoms. The Morgan fingerprint density at radius 2 is 2.20 bits per heavy atom. The minimum absolute atomic E-state index is 0.0705. The Labute approximate surface area is 91.6 Å². The fourth-order valence-corrected chi connectivity index (χ4v) is 1.32. The molecule has 0 aromatic rings. The summed E-state index contributed by atoms with van der Waals surface area (Å²) in [5, 5.41) is 11.4. The number of nitrogens with one attached hydrogen (secondary N) is 1. The van der Waals surface area contributed by atoms with Gasteiger partial charge in [0.1, 0.15) is 0 Å². The van der Waals surface area contributed by atoms with Crippen LogP contribution in [0.2, 0.25) is 0 Å². The lowest BCUT2D eigenvalue weighted by Crippen LogP contribution is -2.48. The first kappa shape index (κ1) is 13.7. The van der Waals surface area contributed by atoms with Crippen molar-refractivity contribution in [2.24, 2.45) is 0 Å². The molecule has 4 heteroatoms. The highest BCUT2D eigenvalue weighted by molar-refractivity contribution is 5.81. The predicted molar refractivity (Wildman–Crippen MR) is 60.1 cm³/mol. The van der Waals surface area contributed by atoms with Crippen LogP contribution in [0.25, 0.3) is 0 Å². The molecule has 0 heterocycles. The van der Waals surface area contributed by atoms with Crippen molar-refractivity contribution in [1.82, 2.24) is 10.2 Å². The number of hydrogen-bond donors (Lipinski definition) is 1. The summed E-state index contributed by atoms with van der Waals surface area (Å²) in [7, 11) is 0. The molecule has 84 valence electrons. The first-order valence-corrected chi connectivity index (χ1v) is 5.05. The average molecular weight is 209 g/mol. The molecule has 1 atom stereocenters. The van der Waals surface area contributed by atoms with Gasteiger partial charge in [-0.2, -0.15) is 5.26 Å². The van der Waals surface area contributed by atoms with Gasteiger partial charge in [0.25, 0.3) is 0 Å². The van der Waals surface area contributed by atoms with Gasteiger partial charge in [-0.05, 0) is 20.8 Å². The van der Waals surface area contributed by atoms with E-state index in [9.17, 15) is 4.79 Å². The van der Waals surface area contributed by atoms with Crippen LogP contribution >= 0.6 is 0 Å². The maximum atomic E-state index is 11.6. The van der Waals surface area contributed by atoms with Gasteiger partial charge in [0.15, 0.2) is 0 Å². The summed E-state index contributed by atoms with van der Waals surface area (Å²) in [5.41, 5.74) is 0. The minimum Gasteiger partial charge on any atom is -0.351 e. The van der Waals surface area contributed by atoms with Gasteiger partial charge in [0, 0.05) is 12.6 Å². The zero-order valence-corrected chi connectivity index (χ0v) is 9.66. The van der Waals surface area contributed by atoms with Gasteiger partial charge in [-0.15, -0.1) is 6.58 Å². The number of carbonyl (C=O) groups is 1. The molecule has 15 heavy (non-hydrogen) atoms. The Kier molecular flexibility index (Phi) is 6.39. The molecule has 0 saturated heterocycles. The number of rotatable bonds is 6. The van der Waals surface area contributed by atoms with E-state index in [1.54, 1.807) is 13.0 Å². The first-order chi connectivity index (χ1) is 7.04. The summed E-state index contributed by atoms with van der Waals surface area (Å²) in [6.07, 6.45) is 1.63. The Balaban J connectivity index is 4.35. The Bertz CT molecular complexity index is 255. The van der Waals surface area contributed by atoms with Crippen molar-refractivity contribution < 1.29 is 4.79 Å². The van der Waals surface area contributed by atoms with Crippen LogP contribution in [0.15, 0.2) is 12.7 Å². The van der Waals surface area contributed by atoms with Crippen LogP contribution in [0.4, 0.5) is 0 Å². The second kappa shape index (κ2) is 7.02. The van der Waals surface area contributed by atoms with E-state index in [0.717, 1.165) is 0 Å². The van der Waals surface area contributed by atoms with Gasteiger partial charge in [-0.25, -0.2) is 0 Å². The van der Waals surface area contributed by atoms with Crippen LogP contribution in [0.1, 0.15) is 20.8 Å². The minimum atomic E-state index is -0.287. The fourth-order valence-electron chi connectivity index (χ4n) is 1.32. The maximum absolute atomic E-state index is 11.6. The predicted octanol–water partition coefficient (Wildman–Crippen LogP) is 0.911. The maximum Gasteiger partial charge on any atom is 0.237 e. The van der Waals surface area contributed by atoms with E-state index in [0.29, 0.717) is 6.54 Å². The van der Waals surface area contributed by atoms with Gasteiger partial charge in [0.05, 0.1) is 18.7 Å². The van der Waals surface area contributed by atoms with E-state index in [1.807, 2.05) is 18.7 Å². The molecule has 0 fully saturated rings. The second-order valence-corrected chi connectivity index (χ2v) is 3.63. The van der Waals surface area contributed by atoms with Crippen molar-refractivity contribution in [3.05, 3.63) is 12.7 Å². The number of carbonyl (C=O) groups excluding carboxylic acids is 1. The topological polar surface area (TPSA) is 56.1 Å². The zero-order valence-electron chi connectivity index (χ0n) is 9.66. The third kappa shape index (κ3) is 4.61. The molecule has 0 aliphatic rings. The van der Waals surface area contributed by atoms with E-state index in [1.165, 1.54) is 0 Å². The molecule has 0 aliphatic carbocycles. The van der Waals surface area contributed by atoms with Crippen molar-refractivity contribution in [3.63, 3.8) is 0 Å². The molecule has 0 aromatic carbocycles. The highest BCUT2D eigenvalue weighted by Crippen LogP contribution is 2.04. The van der Waals surface area contributed by atoms with Gasteiger partial charge in [-0.3, -0.25) is 9.69 Å². The number of hydrogen-bond acceptors (Lipinski definition) is 3. The van der Waals surface area contributed by atoms with Crippen LogP contribution < -0.4 is 5.32 Å². The monoisotopic (exact) mass is 209 g/mol. The largest absolute Gasteiger partial charge is 0.351 e.